The van der Waals surface area contributed by atoms with Crippen LogP contribution in [-0.2, 0) is 5.75 Å². The topological polar surface area (TPSA) is 44.1 Å². The number of nitrogens with zero attached hydrogens (tertiary/aromatic N) is 2. The van der Waals surface area contributed by atoms with Gasteiger partial charge in [0, 0.05) is 17.9 Å². The number of halogens is 2. The van der Waals surface area contributed by atoms with Crippen LogP contribution in [0, 0.1) is 11.6 Å². The van der Waals surface area contributed by atoms with Gasteiger partial charge in [-0.25, -0.2) is 13.8 Å². The van der Waals surface area contributed by atoms with Crippen LogP contribution < -0.4 is 10.3 Å². The molecule has 1 heterocycles. The molecule has 1 aromatic heterocycles. The normalized spacial score (nSPS) is 11.0. The van der Waals surface area contributed by atoms with Crippen LogP contribution in [0.1, 0.15) is 5.56 Å². The molecule has 0 saturated heterocycles. The molecule has 0 fully saturated rings. The van der Waals surface area contributed by atoms with Crippen molar-refractivity contribution in [1.82, 2.24) is 9.55 Å². The second-order valence-electron chi connectivity index (χ2n) is 6.28. The summed E-state index contributed by atoms with van der Waals surface area (Å²) < 4.78 is 34.0. The SMILES string of the molecule is COc1cccc(-n2c(SCc3ccc(F)cc3F)nc3ccccc3c2=O)c1. The predicted molar refractivity (Wildman–Crippen MR) is 110 cm³/mol. The molecule has 0 spiro atoms. The number of hydrogen-bond acceptors (Lipinski definition) is 4. The minimum absolute atomic E-state index is 0.195. The Morgan fingerprint density at radius 2 is 1.86 bits per heavy atom. The number of benzene rings is 3. The van der Waals surface area contributed by atoms with Crippen molar-refractivity contribution in [3.63, 3.8) is 0 Å². The van der Waals surface area contributed by atoms with Gasteiger partial charge in [-0.2, -0.15) is 0 Å². The summed E-state index contributed by atoms with van der Waals surface area (Å²) in [4.78, 5) is 17.8. The highest BCUT2D eigenvalue weighted by molar-refractivity contribution is 7.98. The Morgan fingerprint density at radius 3 is 2.66 bits per heavy atom. The molecule has 0 aliphatic carbocycles. The summed E-state index contributed by atoms with van der Waals surface area (Å²) in [6.45, 7) is 0. The third-order valence-electron chi connectivity index (χ3n) is 4.43. The molecule has 4 rings (SSSR count). The van der Waals surface area contributed by atoms with Crippen LogP contribution in [0.15, 0.2) is 76.7 Å². The van der Waals surface area contributed by atoms with Crippen molar-refractivity contribution in [2.75, 3.05) is 7.11 Å². The van der Waals surface area contributed by atoms with Crippen molar-refractivity contribution in [3.05, 3.63) is 94.3 Å². The number of rotatable bonds is 5. The Balaban J connectivity index is 1.84. The monoisotopic (exact) mass is 410 g/mol. The molecule has 4 aromatic rings. The fourth-order valence-electron chi connectivity index (χ4n) is 2.97. The molecular weight excluding hydrogens is 394 g/mol. The summed E-state index contributed by atoms with van der Waals surface area (Å²) in [6.07, 6.45) is 0. The van der Waals surface area contributed by atoms with Crippen molar-refractivity contribution in [3.8, 4) is 11.4 Å². The molecule has 0 unspecified atom stereocenters. The Hall–Kier alpha value is -3.19. The van der Waals surface area contributed by atoms with Crippen molar-refractivity contribution in [2.24, 2.45) is 0 Å². The first-order valence-electron chi connectivity index (χ1n) is 8.80. The lowest BCUT2D eigenvalue weighted by Gasteiger charge is -2.14. The van der Waals surface area contributed by atoms with E-state index in [0.717, 1.165) is 6.07 Å². The standard InChI is InChI=1S/C22H16F2N2O2S/c1-28-17-6-4-5-16(12-17)26-21(27)18-7-2-3-8-20(18)25-22(26)29-13-14-9-10-15(23)11-19(14)24/h2-12H,13H2,1H3. The van der Waals surface area contributed by atoms with E-state index in [1.807, 2.05) is 0 Å². The number of methoxy groups -OCH3 is 1. The molecule has 146 valence electrons. The van der Waals surface area contributed by atoms with E-state index >= 15 is 0 Å². The van der Waals surface area contributed by atoms with Crippen LogP contribution >= 0.6 is 11.8 Å². The molecule has 29 heavy (non-hydrogen) atoms. The van der Waals surface area contributed by atoms with E-state index in [4.69, 9.17) is 4.74 Å². The maximum Gasteiger partial charge on any atom is 0.266 e. The zero-order valence-corrected chi connectivity index (χ0v) is 16.2. The number of ether oxygens (including phenoxy) is 1. The van der Waals surface area contributed by atoms with Gasteiger partial charge in [0.1, 0.15) is 17.4 Å². The molecular formula is C22H16F2N2O2S. The van der Waals surface area contributed by atoms with Gasteiger partial charge >= 0.3 is 0 Å². The Kier molecular flexibility index (Phi) is 5.31. The smallest absolute Gasteiger partial charge is 0.266 e. The zero-order valence-electron chi connectivity index (χ0n) is 15.4. The van der Waals surface area contributed by atoms with Crippen molar-refractivity contribution in [2.45, 2.75) is 10.9 Å². The molecule has 0 aliphatic rings. The van der Waals surface area contributed by atoms with E-state index in [1.54, 1.807) is 55.6 Å². The van der Waals surface area contributed by atoms with Gasteiger partial charge in [-0.15, -0.1) is 0 Å². The molecule has 0 amide bonds. The second-order valence-corrected chi connectivity index (χ2v) is 7.22. The average Bonchev–Trinajstić information content (AvgIpc) is 2.73. The molecule has 0 bridgehead atoms. The highest BCUT2D eigenvalue weighted by Gasteiger charge is 2.15. The third kappa shape index (κ3) is 3.86. The van der Waals surface area contributed by atoms with E-state index in [1.165, 1.54) is 28.5 Å². The lowest BCUT2D eigenvalue weighted by molar-refractivity contribution is 0.414. The van der Waals surface area contributed by atoms with Gasteiger partial charge in [0.2, 0.25) is 0 Å². The van der Waals surface area contributed by atoms with Gasteiger partial charge in [-0.3, -0.25) is 9.36 Å². The highest BCUT2D eigenvalue weighted by Crippen LogP contribution is 2.27. The molecule has 0 radical (unpaired) electrons. The lowest BCUT2D eigenvalue weighted by atomic mass is 10.2. The predicted octanol–water partition coefficient (Wildman–Crippen LogP) is 4.96. The van der Waals surface area contributed by atoms with Crippen LogP contribution in [0.4, 0.5) is 8.78 Å². The van der Waals surface area contributed by atoms with E-state index in [-0.39, 0.29) is 11.3 Å². The van der Waals surface area contributed by atoms with Crippen LogP contribution in [-0.4, -0.2) is 16.7 Å². The average molecular weight is 410 g/mol. The number of fused-ring (bicyclic) bond motifs is 1. The minimum Gasteiger partial charge on any atom is -0.497 e. The van der Waals surface area contributed by atoms with Crippen molar-refractivity contribution < 1.29 is 13.5 Å². The molecule has 0 saturated carbocycles. The zero-order chi connectivity index (χ0) is 20.4. The van der Waals surface area contributed by atoms with Crippen LogP contribution in [0.2, 0.25) is 0 Å². The van der Waals surface area contributed by atoms with Crippen LogP contribution in [0.3, 0.4) is 0 Å². The molecule has 3 aromatic carbocycles. The Morgan fingerprint density at radius 1 is 1.03 bits per heavy atom. The van der Waals surface area contributed by atoms with Crippen LogP contribution in [0.5, 0.6) is 5.75 Å². The van der Waals surface area contributed by atoms with Gasteiger partial charge in [0.15, 0.2) is 5.16 Å². The summed E-state index contributed by atoms with van der Waals surface area (Å²) in [7, 11) is 1.55. The van der Waals surface area contributed by atoms with Gasteiger partial charge in [0.25, 0.3) is 5.56 Å². The minimum atomic E-state index is -0.631. The molecule has 4 nitrogen and oxygen atoms in total. The van der Waals surface area contributed by atoms with Gasteiger partial charge in [-0.1, -0.05) is 36.0 Å². The first-order valence-corrected chi connectivity index (χ1v) is 9.78. The number of para-hydroxylation sites is 1. The van der Waals surface area contributed by atoms with E-state index in [2.05, 4.69) is 4.98 Å². The van der Waals surface area contributed by atoms with Gasteiger partial charge in [-0.05, 0) is 35.9 Å². The van der Waals surface area contributed by atoms with Gasteiger partial charge in [0.05, 0.1) is 23.7 Å². The van der Waals surface area contributed by atoms with Crippen LogP contribution in [0.25, 0.3) is 16.6 Å². The number of thioether (sulfide) groups is 1. The molecule has 0 atom stereocenters. The summed E-state index contributed by atoms with van der Waals surface area (Å²) >= 11 is 1.21. The second kappa shape index (κ2) is 8.05. The third-order valence-corrected chi connectivity index (χ3v) is 5.42. The van der Waals surface area contributed by atoms with E-state index < -0.39 is 11.6 Å². The quantitative estimate of drug-likeness (QED) is 0.344. The summed E-state index contributed by atoms with van der Waals surface area (Å²) in [6, 6.07) is 17.6. The Labute approximate surface area is 169 Å². The van der Waals surface area contributed by atoms with Crippen molar-refractivity contribution in [1.29, 1.82) is 0 Å². The molecule has 0 aliphatic heterocycles. The maximum atomic E-state index is 14.0. The summed E-state index contributed by atoms with van der Waals surface area (Å²) in [5.41, 5.74) is 1.25. The molecule has 0 N–H and O–H groups in total. The Bertz CT molecular complexity index is 1260. The molecule has 7 heteroatoms. The summed E-state index contributed by atoms with van der Waals surface area (Å²) in [5.74, 6) is -0.467. The number of aromatic nitrogens is 2. The number of hydrogen-bond donors (Lipinski definition) is 0. The fraction of sp³-hybridized carbons (Fsp3) is 0.0909. The highest BCUT2D eigenvalue weighted by atomic mass is 32.2. The van der Waals surface area contributed by atoms with Crippen molar-refractivity contribution >= 4 is 22.7 Å². The lowest BCUT2D eigenvalue weighted by Crippen LogP contribution is -2.21. The van der Waals surface area contributed by atoms with E-state index in [0.29, 0.717) is 33.1 Å². The summed E-state index contributed by atoms with van der Waals surface area (Å²) in [5, 5.41) is 0.887. The fourth-order valence-corrected chi connectivity index (χ4v) is 3.97. The van der Waals surface area contributed by atoms with Gasteiger partial charge < -0.3 is 4.74 Å². The van der Waals surface area contributed by atoms with E-state index in [9.17, 15) is 13.6 Å². The largest absolute Gasteiger partial charge is 0.497 e. The first kappa shape index (κ1) is 19.1. The first-order chi connectivity index (χ1) is 14.1. The maximum absolute atomic E-state index is 14.0.